The van der Waals surface area contributed by atoms with Crippen molar-refractivity contribution in [3.8, 4) is 11.3 Å². The Kier molecular flexibility index (Phi) is 4.86. The molecule has 0 atom stereocenters. The molecule has 0 aliphatic rings. The van der Waals surface area contributed by atoms with Gasteiger partial charge in [-0.15, -0.1) is 0 Å². The highest BCUT2D eigenvalue weighted by molar-refractivity contribution is 6.43. The number of nitrogens with one attached hydrogen (secondary N) is 1. The number of nitrogens with zero attached hydrogens (tertiary/aromatic N) is 1. The van der Waals surface area contributed by atoms with Crippen molar-refractivity contribution in [2.45, 2.75) is 26.3 Å². The maximum atomic E-state index is 6.15. The summed E-state index contributed by atoms with van der Waals surface area (Å²) in [4.78, 5) is 4.25. The van der Waals surface area contributed by atoms with Crippen LogP contribution in [0.5, 0.6) is 0 Å². The molecule has 0 fully saturated rings. The van der Waals surface area contributed by atoms with Crippen molar-refractivity contribution in [1.82, 2.24) is 10.3 Å². The topological polar surface area (TPSA) is 38.1 Å². The Morgan fingerprint density at radius 1 is 1.32 bits per heavy atom. The zero-order valence-electron chi connectivity index (χ0n) is 10.9. The quantitative estimate of drug-likeness (QED) is 0.899. The Hall–Kier alpha value is -1.03. The normalized spacial score (nSPS) is 11.2. The van der Waals surface area contributed by atoms with E-state index in [2.05, 4.69) is 24.1 Å². The number of halogens is 2. The first-order valence-electron chi connectivity index (χ1n) is 6.20. The number of rotatable bonds is 5. The molecule has 0 amide bonds. The highest BCUT2D eigenvalue weighted by Gasteiger charge is 2.11. The standard InChI is InChI=1S/C14H16Cl2N2O/c1-9(2)17-7-6-13-18-8-12(19-13)10-4-3-5-11(15)14(10)16/h3-5,8-9,17H,6-7H2,1-2H3. The summed E-state index contributed by atoms with van der Waals surface area (Å²) in [6.45, 7) is 5.04. The van der Waals surface area contributed by atoms with Crippen LogP contribution in [0.1, 0.15) is 19.7 Å². The predicted molar refractivity (Wildman–Crippen MR) is 78.8 cm³/mol. The molecular weight excluding hydrogens is 283 g/mol. The minimum atomic E-state index is 0.455. The van der Waals surface area contributed by atoms with Crippen LogP contribution in [0, 0.1) is 0 Å². The molecule has 1 aromatic carbocycles. The van der Waals surface area contributed by atoms with Gasteiger partial charge in [0.15, 0.2) is 11.7 Å². The maximum absolute atomic E-state index is 6.15. The van der Waals surface area contributed by atoms with Crippen LogP contribution in [0.4, 0.5) is 0 Å². The molecule has 0 saturated heterocycles. The first-order chi connectivity index (χ1) is 9.08. The lowest BCUT2D eigenvalue weighted by atomic mass is 10.2. The summed E-state index contributed by atoms with van der Waals surface area (Å²) in [6.07, 6.45) is 2.43. The van der Waals surface area contributed by atoms with Gasteiger partial charge in [-0.3, -0.25) is 0 Å². The summed E-state index contributed by atoms with van der Waals surface area (Å²) >= 11 is 12.1. The Balaban J connectivity index is 2.10. The molecule has 0 unspecified atom stereocenters. The van der Waals surface area contributed by atoms with Crippen LogP contribution in [-0.4, -0.2) is 17.6 Å². The highest BCUT2D eigenvalue weighted by atomic mass is 35.5. The molecular formula is C14H16Cl2N2O. The number of benzene rings is 1. The lowest BCUT2D eigenvalue weighted by Gasteiger charge is -2.05. The van der Waals surface area contributed by atoms with E-state index < -0.39 is 0 Å². The first kappa shape index (κ1) is 14.4. The summed E-state index contributed by atoms with van der Waals surface area (Å²) < 4.78 is 5.69. The van der Waals surface area contributed by atoms with Crippen LogP contribution < -0.4 is 5.32 Å². The van der Waals surface area contributed by atoms with E-state index in [0.29, 0.717) is 27.7 Å². The molecule has 2 aromatic rings. The van der Waals surface area contributed by atoms with Gasteiger partial charge in [0.1, 0.15) is 0 Å². The minimum absolute atomic E-state index is 0.455. The van der Waals surface area contributed by atoms with Crippen molar-refractivity contribution in [1.29, 1.82) is 0 Å². The molecule has 0 radical (unpaired) electrons. The average Bonchev–Trinajstić information content (AvgIpc) is 2.81. The van der Waals surface area contributed by atoms with Gasteiger partial charge >= 0.3 is 0 Å². The van der Waals surface area contributed by atoms with Crippen LogP contribution in [-0.2, 0) is 6.42 Å². The predicted octanol–water partition coefficient (Wildman–Crippen LogP) is 4.19. The summed E-state index contributed by atoms with van der Waals surface area (Å²) in [6, 6.07) is 5.91. The van der Waals surface area contributed by atoms with E-state index in [1.165, 1.54) is 0 Å². The van der Waals surface area contributed by atoms with Crippen LogP contribution in [0.3, 0.4) is 0 Å². The Labute approximate surface area is 122 Å². The monoisotopic (exact) mass is 298 g/mol. The van der Waals surface area contributed by atoms with Crippen LogP contribution in [0.15, 0.2) is 28.8 Å². The van der Waals surface area contributed by atoms with E-state index in [-0.39, 0.29) is 0 Å². The van der Waals surface area contributed by atoms with Gasteiger partial charge in [0.05, 0.1) is 16.2 Å². The molecule has 3 nitrogen and oxygen atoms in total. The van der Waals surface area contributed by atoms with Gasteiger partial charge in [-0.05, 0) is 12.1 Å². The van der Waals surface area contributed by atoms with E-state index in [1.807, 2.05) is 12.1 Å². The van der Waals surface area contributed by atoms with Crippen LogP contribution in [0.25, 0.3) is 11.3 Å². The third-order valence-electron chi connectivity index (χ3n) is 2.66. The van der Waals surface area contributed by atoms with E-state index in [4.69, 9.17) is 27.6 Å². The SMILES string of the molecule is CC(C)NCCc1ncc(-c2cccc(Cl)c2Cl)o1. The maximum Gasteiger partial charge on any atom is 0.196 e. The first-order valence-corrected chi connectivity index (χ1v) is 6.96. The molecule has 19 heavy (non-hydrogen) atoms. The molecule has 0 bridgehead atoms. The number of aromatic nitrogens is 1. The van der Waals surface area contributed by atoms with Crippen molar-refractivity contribution < 1.29 is 4.42 Å². The summed E-state index contributed by atoms with van der Waals surface area (Å²) in [7, 11) is 0. The van der Waals surface area contributed by atoms with E-state index in [1.54, 1.807) is 12.3 Å². The van der Waals surface area contributed by atoms with Gasteiger partial charge < -0.3 is 9.73 Å². The fourth-order valence-corrected chi connectivity index (χ4v) is 2.11. The summed E-state index contributed by atoms with van der Waals surface area (Å²) in [5.74, 6) is 1.34. The van der Waals surface area contributed by atoms with Gasteiger partial charge in [0, 0.05) is 24.6 Å². The van der Waals surface area contributed by atoms with E-state index in [9.17, 15) is 0 Å². The lowest BCUT2D eigenvalue weighted by molar-refractivity contribution is 0.485. The van der Waals surface area contributed by atoms with Gasteiger partial charge in [-0.1, -0.05) is 43.1 Å². The molecule has 0 aliphatic heterocycles. The van der Waals surface area contributed by atoms with E-state index in [0.717, 1.165) is 18.5 Å². The summed E-state index contributed by atoms with van der Waals surface area (Å²) in [5, 5.41) is 4.32. The molecule has 0 spiro atoms. The molecule has 0 saturated carbocycles. The van der Waals surface area contributed by atoms with Crippen LogP contribution in [0.2, 0.25) is 10.0 Å². The number of hydrogen-bond donors (Lipinski definition) is 1. The smallest absolute Gasteiger partial charge is 0.196 e. The Bertz CT molecular complexity index is 552. The molecule has 102 valence electrons. The second kappa shape index (κ2) is 6.42. The molecule has 1 aromatic heterocycles. The third kappa shape index (κ3) is 3.72. The third-order valence-corrected chi connectivity index (χ3v) is 3.48. The molecule has 2 rings (SSSR count). The number of oxazole rings is 1. The minimum Gasteiger partial charge on any atom is -0.441 e. The van der Waals surface area contributed by atoms with Crippen molar-refractivity contribution in [3.63, 3.8) is 0 Å². The van der Waals surface area contributed by atoms with Crippen molar-refractivity contribution in [3.05, 3.63) is 40.3 Å². The molecule has 1 N–H and O–H groups in total. The fourth-order valence-electron chi connectivity index (χ4n) is 1.71. The van der Waals surface area contributed by atoms with Gasteiger partial charge in [-0.25, -0.2) is 4.98 Å². The summed E-state index contributed by atoms with van der Waals surface area (Å²) in [5.41, 5.74) is 0.768. The highest BCUT2D eigenvalue weighted by Crippen LogP contribution is 2.33. The fraction of sp³-hybridized carbons (Fsp3) is 0.357. The van der Waals surface area contributed by atoms with E-state index >= 15 is 0 Å². The largest absolute Gasteiger partial charge is 0.441 e. The average molecular weight is 299 g/mol. The van der Waals surface area contributed by atoms with Gasteiger partial charge in [-0.2, -0.15) is 0 Å². The van der Waals surface area contributed by atoms with Crippen molar-refractivity contribution in [2.24, 2.45) is 0 Å². The molecule has 0 aliphatic carbocycles. The zero-order chi connectivity index (χ0) is 13.8. The second-order valence-electron chi connectivity index (χ2n) is 4.58. The Morgan fingerprint density at radius 2 is 2.11 bits per heavy atom. The zero-order valence-corrected chi connectivity index (χ0v) is 12.4. The lowest BCUT2D eigenvalue weighted by Crippen LogP contribution is -2.24. The van der Waals surface area contributed by atoms with Crippen molar-refractivity contribution in [2.75, 3.05) is 6.54 Å². The molecule has 5 heteroatoms. The number of hydrogen-bond acceptors (Lipinski definition) is 3. The van der Waals surface area contributed by atoms with Crippen molar-refractivity contribution >= 4 is 23.2 Å². The van der Waals surface area contributed by atoms with Crippen LogP contribution >= 0.6 is 23.2 Å². The van der Waals surface area contributed by atoms with Gasteiger partial charge in [0.2, 0.25) is 0 Å². The van der Waals surface area contributed by atoms with Gasteiger partial charge in [0.25, 0.3) is 0 Å². The Morgan fingerprint density at radius 3 is 2.84 bits per heavy atom. The molecule has 1 heterocycles. The second-order valence-corrected chi connectivity index (χ2v) is 5.36.